The van der Waals surface area contributed by atoms with Crippen LogP contribution in [0.2, 0.25) is 5.02 Å². The fourth-order valence-electron chi connectivity index (χ4n) is 4.30. The highest BCUT2D eigenvalue weighted by Crippen LogP contribution is 2.35. The van der Waals surface area contributed by atoms with Crippen molar-refractivity contribution in [2.45, 2.75) is 110 Å². The molecule has 5 nitrogen and oxygen atoms in total. The van der Waals surface area contributed by atoms with Gasteiger partial charge in [0.2, 0.25) is 11.6 Å². The summed E-state index contributed by atoms with van der Waals surface area (Å²) >= 11 is 5.87. The fourth-order valence-corrected chi connectivity index (χ4v) is 4.55. The molecule has 1 atom stereocenters. The van der Waals surface area contributed by atoms with E-state index in [2.05, 4.69) is 13.8 Å². The summed E-state index contributed by atoms with van der Waals surface area (Å²) in [5.74, 6) is -8.43. The second-order valence-electron chi connectivity index (χ2n) is 10.3. The third-order valence-corrected chi connectivity index (χ3v) is 7.11. The van der Waals surface area contributed by atoms with Crippen LogP contribution in [0.15, 0.2) is 24.3 Å². The van der Waals surface area contributed by atoms with Crippen molar-refractivity contribution >= 4 is 23.5 Å². The summed E-state index contributed by atoms with van der Waals surface area (Å²) in [7, 11) is 0. The number of halogens is 4. The van der Waals surface area contributed by atoms with Gasteiger partial charge in [-0.1, -0.05) is 89.7 Å². The second kappa shape index (κ2) is 18.6. The number of carbonyl (C=O) groups excluding carboxylic acids is 2. The minimum absolute atomic E-state index is 0.0415. The van der Waals surface area contributed by atoms with Crippen LogP contribution < -0.4 is 9.47 Å². The van der Waals surface area contributed by atoms with Gasteiger partial charge in [-0.05, 0) is 50.5 Å². The quantitative estimate of drug-likeness (QED) is 0.0697. The molecule has 0 spiro atoms. The van der Waals surface area contributed by atoms with Crippen LogP contribution in [0.5, 0.6) is 11.5 Å². The normalized spacial score (nSPS) is 11.8. The topological polar surface area (TPSA) is 61.8 Å². The zero-order valence-electron chi connectivity index (χ0n) is 24.3. The van der Waals surface area contributed by atoms with E-state index in [0.29, 0.717) is 18.8 Å². The Morgan fingerprint density at radius 3 is 1.93 bits per heavy atom. The van der Waals surface area contributed by atoms with Crippen molar-refractivity contribution in [2.75, 3.05) is 6.61 Å². The highest BCUT2D eigenvalue weighted by Gasteiger charge is 2.32. The molecule has 0 bridgehead atoms. The van der Waals surface area contributed by atoms with E-state index >= 15 is 0 Å². The molecule has 0 N–H and O–H groups in total. The zero-order chi connectivity index (χ0) is 30.2. The number of hydrogen-bond acceptors (Lipinski definition) is 5. The fraction of sp³-hybridized carbons (Fsp3) is 0.562. The van der Waals surface area contributed by atoms with E-state index in [-0.39, 0.29) is 5.56 Å². The first-order valence-electron chi connectivity index (χ1n) is 14.7. The molecule has 0 amide bonds. The summed E-state index contributed by atoms with van der Waals surface area (Å²) in [6.07, 6.45) is 13.1. The summed E-state index contributed by atoms with van der Waals surface area (Å²) in [6, 6.07) is 5.80. The molecular formula is C32H42ClF3O5. The number of esters is 2. The predicted octanol–water partition coefficient (Wildman–Crippen LogP) is 10.0. The minimum Gasteiger partial charge on any atom is -0.494 e. The van der Waals surface area contributed by atoms with E-state index in [9.17, 15) is 22.8 Å². The molecule has 9 heteroatoms. The van der Waals surface area contributed by atoms with Crippen molar-refractivity contribution in [1.29, 1.82) is 0 Å². The van der Waals surface area contributed by atoms with Crippen LogP contribution in [0.1, 0.15) is 125 Å². The molecule has 0 radical (unpaired) electrons. The van der Waals surface area contributed by atoms with E-state index < -0.39 is 51.8 Å². The number of benzene rings is 2. The van der Waals surface area contributed by atoms with Crippen LogP contribution >= 0.6 is 11.6 Å². The average Bonchev–Trinajstić information content (AvgIpc) is 2.96. The maximum Gasteiger partial charge on any atom is 0.343 e. The molecule has 0 aliphatic rings. The first kappa shape index (κ1) is 34.5. The van der Waals surface area contributed by atoms with Crippen LogP contribution in [0.25, 0.3) is 0 Å². The third-order valence-electron chi connectivity index (χ3n) is 6.75. The number of hydrogen-bond donors (Lipinski definition) is 0. The summed E-state index contributed by atoms with van der Waals surface area (Å²) < 4.78 is 60.1. The zero-order valence-corrected chi connectivity index (χ0v) is 25.1. The van der Waals surface area contributed by atoms with E-state index in [1.165, 1.54) is 56.4 Å². The van der Waals surface area contributed by atoms with E-state index in [0.717, 1.165) is 44.9 Å². The van der Waals surface area contributed by atoms with E-state index in [1.54, 1.807) is 6.92 Å². The standard InChI is InChI=1S/C32H42ClF3O5/c1-4-6-8-10-11-12-13-15-21-39-24-19-17-23(18-20-24)31(37)41-30-28(35)26(33)25(27(34)29(30)36)32(38)40-22(3)16-14-9-7-5-2/h17-20,22H,4-16,21H2,1-3H3. The number of unbranched alkanes of at least 4 members (excludes halogenated alkanes) is 10. The Balaban J connectivity index is 1.94. The molecule has 0 aromatic heterocycles. The van der Waals surface area contributed by atoms with Gasteiger partial charge in [0.15, 0.2) is 11.6 Å². The Morgan fingerprint density at radius 2 is 1.32 bits per heavy atom. The van der Waals surface area contributed by atoms with Crippen LogP contribution in [0.4, 0.5) is 13.2 Å². The van der Waals surface area contributed by atoms with Gasteiger partial charge < -0.3 is 14.2 Å². The smallest absolute Gasteiger partial charge is 0.343 e. The molecule has 1 unspecified atom stereocenters. The van der Waals surface area contributed by atoms with Gasteiger partial charge in [0.1, 0.15) is 11.3 Å². The molecule has 0 saturated carbocycles. The van der Waals surface area contributed by atoms with Crippen molar-refractivity contribution in [3.8, 4) is 11.5 Å². The van der Waals surface area contributed by atoms with Gasteiger partial charge in [0.05, 0.1) is 23.3 Å². The van der Waals surface area contributed by atoms with Crippen molar-refractivity contribution < 1.29 is 37.0 Å². The molecule has 0 heterocycles. The molecule has 41 heavy (non-hydrogen) atoms. The van der Waals surface area contributed by atoms with Gasteiger partial charge in [-0.2, -0.15) is 4.39 Å². The van der Waals surface area contributed by atoms with Crippen molar-refractivity contribution in [2.24, 2.45) is 0 Å². The maximum atomic E-state index is 14.9. The van der Waals surface area contributed by atoms with Gasteiger partial charge in [-0.3, -0.25) is 0 Å². The molecular weight excluding hydrogens is 557 g/mol. The summed E-state index contributed by atoms with van der Waals surface area (Å²) in [6.45, 7) is 6.38. The number of rotatable bonds is 19. The Morgan fingerprint density at radius 1 is 0.756 bits per heavy atom. The Hall–Kier alpha value is -2.74. The van der Waals surface area contributed by atoms with Crippen LogP contribution in [0.3, 0.4) is 0 Å². The van der Waals surface area contributed by atoms with Gasteiger partial charge >= 0.3 is 11.9 Å². The lowest BCUT2D eigenvalue weighted by Crippen LogP contribution is -2.19. The summed E-state index contributed by atoms with van der Waals surface area (Å²) in [4.78, 5) is 25.0. The van der Waals surface area contributed by atoms with Crippen molar-refractivity contribution in [1.82, 2.24) is 0 Å². The Kier molecular flexibility index (Phi) is 15.7. The molecule has 2 rings (SSSR count). The van der Waals surface area contributed by atoms with Crippen LogP contribution in [-0.4, -0.2) is 24.6 Å². The van der Waals surface area contributed by atoms with Crippen molar-refractivity contribution in [3.63, 3.8) is 0 Å². The van der Waals surface area contributed by atoms with E-state index in [1.807, 2.05) is 0 Å². The van der Waals surface area contributed by atoms with Crippen LogP contribution in [0, 0.1) is 17.5 Å². The predicted molar refractivity (Wildman–Crippen MR) is 154 cm³/mol. The first-order valence-corrected chi connectivity index (χ1v) is 15.1. The molecule has 0 saturated heterocycles. The number of carbonyl (C=O) groups is 2. The molecule has 2 aromatic rings. The maximum absolute atomic E-state index is 14.9. The van der Waals surface area contributed by atoms with Gasteiger partial charge in [0.25, 0.3) is 0 Å². The lowest BCUT2D eigenvalue weighted by atomic mass is 10.1. The van der Waals surface area contributed by atoms with Crippen LogP contribution in [-0.2, 0) is 4.74 Å². The molecule has 2 aromatic carbocycles. The van der Waals surface area contributed by atoms with Gasteiger partial charge in [0, 0.05) is 0 Å². The summed E-state index contributed by atoms with van der Waals surface area (Å²) in [5, 5.41) is -1.03. The molecule has 0 fully saturated rings. The van der Waals surface area contributed by atoms with Gasteiger partial charge in [-0.25, -0.2) is 18.4 Å². The molecule has 0 aliphatic heterocycles. The minimum atomic E-state index is -1.85. The summed E-state index contributed by atoms with van der Waals surface area (Å²) in [5.41, 5.74) is -1.12. The van der Waals surface area contributed by atoms with E-state index in [4.69, 9.17) is 25.8 Å². The Bertz CT molecular complexity index is 1080. The number of ether oxygens (including phenoxy) is 3. The molecule has 228 valence electrons. The largest absolute Gasteiger partial charge is 0.494 e. The monoisotopic (exact) mass is 598 g/mol. The second-order valence-corrected chi connectivity index (χ2v) is 10.6. The van der Waals surface area contributed by atoms with Gasteiger partial charge in [-0.15, -0.1) is 0 Å². The highest BCUT2D eigenvalue weighted by atomic mass is 35.5. The first-order chi connectivity index (χ1) is 19.7. The average molecular weight is 599 g/mol. The highest BCUT2D eigenvalue weighted by molar-refractivity contribution is 6.34. The third kappa shape index (κ3) is 11.2. The lowest BCUT2D eigenvalue weighted by molar-refractivity contribution is 0.0312. The Labute approximate surface area is 246 Å². The SMILES string of the molecule is CCCCCCCCCCOc1ccc(C(=O)Oc2c(F)c(F)c(C(=O)OC(C)CCCCCC)c(Cl)c2F)cc1. The lowest BCUT2D eigenvalue weighted by Gasteiger charge is -2.16. The molecule has 0 aliphatic carbocycles. The van der Waals surface area contributed by atoms with Crippen molar-refractivity contribution in [3.05, 3.63) is 57.9 Å².